The van der Waals surface area contributed by atoms with Gasteiger partial charge in [-0.05, 0) is 38.5 Å². The van der Waals surface area contributed by atoms with Crippen molar-refractivity contribution in [2.45, 2.75) is 32.5 Å². The molecule has 0 aliphatic rings. The zero-order valence-electron chi connectivity index (χ0n) is 11.8. The maximum Gasteiger partial charge on any atom is 0.417 e. The van der Waals surface area contributed by atoms with Gasteiger partial charge in [0.1, 0.15) is 5.60 Å². The van der Waals surface area contributed by atoms with Gasteiger partial charge in [-0.25, -0.2) is 4.79 Å². The normalized spacial score (nSPS) is 13.2. The molecule has 0 radical (unpaired) electrons. The van der Waals surface area contributed by atoms with E-state index in [4.69, 9.17) is 39.5 Å². The number of halogens is 6. The second-order valence-corrected chi connectivity index (χ2v) is 6.54. The van der Waals surface area contributed by atoms with Gasteiger partial charge in [-0.2, -0.15) is 13.2 Å². The van der Waals surface area contributed by atoms with Gasteiger partial charge in [0, 0.05) is 6.08 Å². The highest BCUT2D eigenvalue weighted by Gasteiger charge is 2.36. The van der Waals surface area contributed by atoms with Gasteiger partial charge in [-0.3, -0.25) is 0 Å². The zero-order chi connectivity index (χ0) is 17.3. The van der Waals surface area contributed by atoms with Crippen LogP contribution in [-0.4, -0.2) is 17.7 Å². The Morgan fingerprint density at radius 2 is 1.55 bits per heavy atom. The Balaban J connectivity index is 3.35. The van der Waals surface area contributed by atoms with Crippen LogP contribution >= 0.6 is 34.8 Å². The lowest BCUT2D eigenvalue weighted by molar-refractivity contribution is -0.148. The summed E-state index contributed by atoms with van der Waals surface area (Å²) in [7, 11) is 0. The SMILES string of the molecule is CC(C)(C)OC(=O)C=C(c1cc(Cl)c(Cl)c(Cl)c1)C(F)(F)F. The Morgan fingerprint density at radius 1 is 1.09 bits per heavy atom. The molecule has 1 rings (SSSR count). The first-order chi connectivity index (χ1) is 9.81. The molecule has 1 aromatic carbocycles. The van der Waals surface area contributed by atoms with Gasteiger partial charge in [-0.1, -0.05) is 34.8 Å². The molecule has 0 fully saturated rings. The van der Waals surface area contributed by atoms with Gasteiger partial charge < -0.3 is 4.74 Å². The third-order valence-electron chi connectivity index (χ3n) is 2.27. The van der Waals surface area contributed by atoms with Gasteiger partial charge in [-0.15, -0.1) is 0 Å². The summed E-state index contributed by atoms with van der Waals surface area (Å²) in [6, 6.07) is 1.97. The highest BCUT2D eigenvalue weighted by atomic mass is 35.5. The lowest BCUT2D eigenvalue weighted by Crippen LogP contribution is -2.23. The van der Waals surface area contributed by atoms with E-state index >= 15 is 0 Å². The van der Waals surface area contributed by atoms with Crippen molar-refractivity contribution in [2.75, 3.05) is 0 Å². The van der Waals surface area contributed by atoms with Crippen molar-refractivity contribution in [3.8, 4) is 0 Å². The van der Waals surface area contributed by atoms with Crippen molar-refractivity contribution in [3.05, 3.63) is 38.8 Å². The third-order valence-corrected chi connectivity index (χ3v) is 3.47. The highest BCUT2D eigenvalue weighted by Crippen LogP contribution is 2.39. The van der Waals surface area contributed by atoms with Crippen LogP contribution in [0.3, 0.4) is 0 Å². The standard InChI is InChI=1S/C14H12Cl3F3O2/c1-13(2,3)22-11(21)6-8(14(18,19)20)7-4-9(15)12(17)10(16)5-7/h4-6H,1-3H3. The van der Waals surface area contributed by atoms with Crippen LogP contribution in [0.15, 0.2) is 18.2 Å². The van der Waals surface area contributed by atoms with E-state index in [2.05, 4.69) is 0 Å². The Kier molecular flexibility index (Phi) is 5.82. The molecule has 0 bridgehead atoms. The molecule has 0 heterocycles. The number of esters is 1. The zero-order valence-corrected chi connectivity index (χ0v) is 14.1. The number of hydrogen-bond donors (Lipinski definition) is 0. The maximum absolute atomic E-state index is 13.2. The summed E-state index contributed by atoms with van der Waals surface area (Å²) in [5.74, 6) is -1.12. The maximum atomic E-state index is 13.2. The predicted molar refractivity (Wildman–Crippen MR) is 81.3 cm³/mol. The Morgan fingerprint density at radius 3 is 1.91 bits per heavy atom. The van der Waals surface area contributed by atoms with E-state index in [1.165, 1.54) is 0 Å². The van der Waals surface area contributed by atoms with E-state index in [0.717, 1.165) is 12.1 Å². The molecule has 0 aromatic heterocycles. The Hall–Kier alpha value is -0.910. The topological polar surface area (TPSA) is 26.3 Å². The summed E-state index contributed by atoms with van der Waals surface area (Å²) >= 11 is 17.2. The molecule has 1 aromatic rings. The van der Waals surface area contributed by atoms with Crippen LogP contribution in [0.25, 0.3) is 5.57 Å². The van der Waals surface area contributed by atoms with Gasteiger partial charge in [0.25, 0.3) is 0 Å². The van der Waals surface area contributed by atoms with Crippen LogP contribution in [0.2, 0.25) is 15.1 Å². The molecule has 0 aliphatic heterocycles. The molecule has 122 valence electrons. The van der Waals surface area contributed by atoms with Crippen molar-refractivity contribution < 1.29 is 22.7 Å². The molecule has 0 saturated carbocycles. The quantitative estimate of drug-likeness (QED) is 0.363. The number of carbonyl (C=O) groups excluding carboxylic acids is 1. The minimum Gasteiger partial charge on any atom is -0.457 e. The fourth-order valence-corrected chi connectivity index (χ4v) is 2.09. The second-order valence-electron chi connectivity index (χ2n) is 5.34. The third kappa shape index (κ3) is 5.38. The molecular formula is C14H12Cl3F3O2. The van der Waals surface area contributed by atoms with Crippen LogP contribution in [-0.2, 0) is 9.53 Å². The van der Waals surface area contributed by atoms with E-state index in [1.807, 2.05) is 0 Å². The van der Waals surface area contributed by atoms with Gasteiger partial charge in [0.15, 0.2) is 0 Å². The molecule has 0 unspecified atom stereocenters. The number of alkyl halides is 3. The summed E-state index contributed by atoms with van der Waals surface area (Å²) < 4.78 is 44.4. The molecule has 0 atom stereocenters. The Labute approximate surface area is 140 Å². The number of benzene rings is 1. The van der Waals surface area contributed by atoms with E-state index in [1.54, 1.807) is 20.8 Å². The van der Waals surface area contributed by atoms with Gasteiger partial charge >= 0.3 is 12.1 Å². The first-order valence-corrected chi connectivity index (χ1v) is 7.11. The van der Waals surface area contributed by atoms with Crippen LogP contribution in [0, 0.1) is 0 Å². The second kappa shape index (κ2) is 6.69. The molecule has 2 nitrogen and oxygen atoms in total. The largest absolute Gasteiger partial charge is 0.457 e. The molecule has 0 amide bonds. The van der Waals surface area contributed by atoms with Crippen LogP contribution in [0.1, 0.15) is 26.3 Å². The van der Waals surface area contributed by atoms with Crippen molar-refractivity contribution in [1.82, 2.24) is 0 Å². The molecule has 0 N–H and O–H groups in total. The summed E-state index contributed by atoms with van der Waals surface area (Å²) in [6.07, 6.45) is -4.43. The average molecular weight is 376 g/mol. The van der Waals surface area contributed by atoms with E-state index < -0.39 is 23.3 Å². The number of allylic oxidation sites excluding steroid dienone is 1. The minimum atomic E-state index is -4.79. The summed E-state index contributed by atoms with van der Waals surface area (Å²) in [5.41, 5.74) is -2.51. The van der Waals surface area contributed by atoms with Crippen LogP contribution < -0.4 is 0 Å². The molecule has 0 spiro atoms. The lowest BCUT2D eigenvalue weighted by Gasteiger charge is -2.19. The summed E-state index contributed by atoms with van der Waals surface area (Å²) in [5, 5.41) is -0.363. The van der Waals surface area contributed by atoms with Crippen molar-refractivity contribution in [3.63, 3.8) is 0 Å². The molecular weight excluding hydrogens is 364 g/mol. The molecule has 22 heavy (non-hydrogen) atoms. The molecule has 8 heteroatoms. The van der Waals surface area contributed by atoms with Gasteiger partial charge in [0.05, 0.1) is 20.6 Å². The van der Waals surface area contributed by atoms with E-state index in [-0.39, 0.29) is 20.6 Å². The Bertz CT molecular complexity index is 594. The lowest BCUT2D eigenvalue weighted by atomic mass is 10.0. The van der Waals surface area contributed by atoms with Crippen molar-refractivity contribution >= 4 is 46.3 Å². The smallest absolute Gasteiger partial charge is 0.417 e. The van der Waals surface area contributed by atoms with Crippen molar-refractivity contribution in [1.29, 1.82) is 0 Å². The fraction of sp³-hybridized carbons (Fsp3) is 0.357. The van der Waals surface area contributed by atoms with Crippen molar-refractivity contribution in [2.24, 2.45) is 0 Å². The fourth-order valence-electron chi connectivity index (χ4n) is 1.49. The first-order valence-electron chi connectivity index (χ1n) is 5.98. The number of ether oxygens (including phenoxy) is 1. The first kappa shape index (κ1) is 19.1. The number of hydrogen-bond acceptors (Lipinski definition) is 2. The summed E-state index contributed by atoms with van der Waals surface area (Å²) in [6.45, 7) is 4.63. The van der Waals surface area contributed by atoms with E-state index in [9.17, 15) is 18.0 Å². The number of rotatable bonds is 2. The monoisotopic (exact) mass is 374 g/mol. The number of carbonyl (C=O) groups is 1. The highest BCUT2D eigenvalue weighted by molar-refractivity contribution is 6.48. The summed E-state index contributed by atoms with van der Waals surface area (Å²) in [4.78, 5) is 11.6. The van der Waals surface area contributed by atoms with Crippen LogP contribution in [0.5, 0.6) is 0 Å². The predicted octanol–water partition coefficient (Wildman–Crippen LogP) is 5.93. The molecule has 0 saturated heterocycles. The van der Waals surface area contributed by atoms with Crippen LogP contribution in [0.4, 0.5) is 13.2 Å². The molecule has 0 aliphatic carbocycles. The average Bonchev–Trinajstić information content (AvgIpc) is 2.28. The van der Waals surface area contributed by atoms with E-state index in [0.29, 0.717) is 6.08 Å². The van der Waals surface area contributed by atoms with Gasteiger partial charge in [0.2, 0.25) is 0 Å². The minimum absolute atomic E-state index is 0.0640.